The molecule has 0 atom stereocenters. The highest BCUT2D eigenvalue weighted by Crippen LogP contribution is 2.19. The van der Waals surface area contributed by atoms with Gasteiger partial charge in [0.2, 0.25) is 5.91 Å². The van der Waals surface area contributed by atoms with E-state index >= 15 is 0 Å². The highest BCUT2D eigenvalue weighted by atomic mass is 16.2. The molecule has 23 heavy (non-hydrogen) atoms. The monoisotopic (exact) mass is 308 g/mol. The fourth-order valence-corrected chi connectivity index (χ4v) is 2.81. The standard InChI is InChI=1S/C19H20N2O2/c22-18(8-4-7-14-5-2-1-3-6-14)21-16-10-9-15-11-12-20-19(23)17(15)13-16/h1-3,5-6,9-10,13H,4,7-8,11-12H2,(H,20,23)(H,21,22). The Labute approximate surface area is 135 Å². The molecule has 4 nitrogen and oxygen atoms in total. The van der Waals surface area contributed by atoms with Gasteiger partial charge in [-0.2, -0.15) is 0 Å². The van der Waals surface area contributed by atoms with E-state index in [1.165, 1.54) is 5.56 Å². The number of rotatable bonds is 5. The van der Waals surface area contributed by atoms with Crippen LogP contribution in [0, 0.1) is 0 Å². The Kier molecular flexibility index (Phi) is 4.71. The van der Waals surface area contributed by atoms with Crippen LogP contribution in [0.1, 0.15) is 34.3 Å². The van der Waals surface area contributed by atoms with Crippen LogP contribution in [0.2, 0.25) is 0 Å². The first kappa shape index (κ1) is 15.3. The highest BCUT2D eigenvalue weighted by Gasteiger charge is 2.17. The summed E-state index contributed by atoms with van der Waals surface area (Å²) in [5.74, 6) is -0.0801. The second-order valence-corrected chi connectivity index (χ2v) is 5.77. The van der Waals surface area contributed by atoms with Crippen LogP contribution in [-0.4, -0.2) is 18.4 Å². The summed E-state index contributed by atoms with van der Waals surface area (Å²) in [5.41, 5.74) is 3.63. The van der Waals surface area contributed by atoms with Crippen LogP contribution in [0.3, 0.4) is 0 Å². The molecule has 0 spiro atoms. The van der Waals surface area contributed by atoms with Crippen LogP contribution >= 0.6 is 0 Å². The molecule has 1 heterocycles. The number of aryl methyl sites for hydroxylation is 1. The number of amides is 2. The highest BCUT2D eigenvalue weighted by molar-refractivity contribution is 5.99. The maximum Gasteiger partial charge on any atom is 0.251 e. The first-order valence-electron chi connectivity index (χ1n) is 7.97. The number of hydrogen-bond acceptors (Lipinski definition) is 2. The molecule has 0 radical (unpaired) electrons. The molecule has 0 aliphatic carbocycles. The summed E-state index contributed by atoms with van der Waals surface area (Å²) in [7, 11) is 0. The third kappa shape index (κ3) is 3.97. The Bertz CT molecular complexity index is 711. The molecule has 0 bridgehead atoms. The lowest BCUT2D eigenvalue weighted by Crippen LogP contribution is -2.31. The van der Waals surface area contributed by atoms with Crippen LogP contribution in [-0.2, 0) is 17.6 Å². The molecular formula is C19H20N2O2. The molecule has 0 aromatic heterocycles. The van der Waals surface area contributed by atoms with Crippen molar-refractivity contribution in [1.29, 1.82) is 0 Å². The summed E-state index contributed by atoms with van der Waals surface area (Å²) in [6, 6.07) is 15.7. The number of hydrogen-bond donors (Lipinski definition) is 2. The molecule has 1 aliphatic rings. The third-order valence-electron chi connectivity index (χ3n) is 4.03. The van der Waals surface area contributed by atoms with Crippen molar-refractivity contribution in [2.24, 2.45) is 0 Å². The minimum atomic E-state index is -0.0635. The second kappa shape index (κ2) is 7.09. The number of fused-ring (bicyclic) bond motifs is 1. The van der Waals surface area contributed by atoms with E-state index in [1.54, 1.807) is 6.07 Å². The van der Waals surface area contributed by atoms with Crippen LogP contribution in [0.5, 0.6) is 0 Å². The number of carbonyl (C=O) groups excluding carboxylic acids is 2. The molecule has 0 fully saturated rings. The summed E-state index contributed by atoms with van der Waals surface area (Å²) < 4.78 is 0. The van der Waals surface area contributed by atoms with Gasteiger partial charge in [0.15, 0.2) is 0 Å². The smallest absolute Gasteiger partial charge is 0.251 e. The normalized spacial score (nSPS) is 13.1. The number of nitrogens with one attached hydrogen (secondary N) is 2. The van der Waals surface area contributed by atoms with Crippen LogP contribution in [0.25, 0.3) is 0 Å². The molecule has 4 heteroatoms. The zero-order chi connectivity index (χ0) is 16.1. The summed E-state index contributed by atoms with van der Waals surface area (Å²) >= 11 is 0. The summed E-state index contributed by atoms with van der Waals surface area (Å²) in [4.78, 5) is 23.9. The second-order valence-electron chi connectivity index (χ2n) is 5.77. The van der Waals surface area contributed by atoms with Gasteiger partial charge in [-0.3, -0.25) is 9.59 Å². The quantitative estimate of drug-likeness (QED) is 0.892. The average Bonchev–Trinajstić information content (AvgIpc) is 2.57. The van der Waals surface area contributed by atoms with Crippen LogP contribution in [0.15, 0.2) is 48.5 Å². The Morgan fingerprint density at radius 3 is 2.78 bits per heavy atom. The van der Waals surface area contributed by atoms with Gasteiger partial charge in [0.1, 0.15) is 0 Å². The zero-order valence-corrected chi connectivity index (χ0v) is 13.0. The molecule has 0 saturated carbocycles. The molecule has 1 aliphatic heterocycles. The van der Waals surface area contributed by atoms with E-state index in [1.807, 2.05) is 30.3 Å². The van der Waals surface area contributed by atoms with Crippen LogP contribution < -0.4 is 10.6 Å². The number of anilines is 1. The van der Waals surface area contributed by atoms with Gasteiger partial charge in [-0.05, 0) is 42.5 Å². The maximum absolute atomic E-state index is 12.0. The first-order valence-corrected chi connectivity index (χ1v) is 7.97. The average molecular weight is 308 g/mol. The minimum Gasteiger partial charge on any atom is -0.352 e. The van der Waals surface area contributed by atoms with Crippen molar-refractivity contribution >= 4 is 17.5 Å². The van der Waals surface area contributed by atoms with Crippen molar-refractivity contribution in [3.8, 4) is 0 Å². The van der Waals surface area contributed by atoms with E-state index in [4.69, 9.17) is 0 Å². The van der Waals surface area contributed by atoms with Gasteiger partial charge in [-0.25, -0.2) is 0 Å². The van der Waals surface area contributed by atoms with Gasteiger partial charge < -0.3 is 10.6 Å². The fraction of sp³-hybridized carbons (Fsp3) is 0.263. The van der Waals surface area contributed by atoms with Crippen molar-refractivity contribution in [2.75, 3.05) is 11.9 Å². The Balaban J connectivity index is 1.54. The van der Waals surface area contributed by atoms with Crippen molar-refractivity contribution < 1.29 is 9.59 Å². The molecule has 3 rings (SSSR count). The lowest BCUT2D eigenvalue weighted by atomic mass is 10.00. The van der Waals surface area contributed by atoms with Gasteiger partial charge in [-0.1, -0.05) is 36.4 Å². The molecule has 118 valence electrons. The van der Waals surface area contributed by atoms with E-state index in [0.717, 1.165) is 24.8 Å². The number of benzene rings is 2. The summed E-state index contributed by atoms with van der Waals surface area (Å²) in [6.45, 7) is 0.678. The summed E-state index contributed by atoms with van der Waals surface area (Å²) in [5, 5.41) is 5.70. The Morgan fingerprint density at radius 1 is 1.13 bits per heavy atom. The topological polar surface area (TPSA) is 58.2 Å². The SMILES string of the molecule is O=C(CCCc1ccccc1)Nc1ccc2c(c1)C(=O)NCC2. The minimum absolute atomic E-state index is 0.0166. The molecule has 0 unspecified atom stereocenters. The van der Waals surface area contributed by atoms with Gasteiger partial charge in [-0.15, -0.1) is 0 Å². The van der Waals surface area contributed by atoms with Crippen molar-refractivity contribution in [3.05, 3.63) is 65.2 Å². The van der Waals surface area contributed by atoms with Crippen molar-refractivity contribution in [3.63, 3.8) is 0 Å². The van der Waals surface area contributed by atoms with Crippen molar-refractivity contribution in [1.82, 2.24) is 5.32 Å². The lowest BCUT2D eigenvalue weighted by molar-refractivity contribution is -0.116. The van der Waals surface area contributed by atoms with E-state index in [2.05, 4.69) is 22.8 Å². The molecule has 0 saturated heterocycles. The Morgan fingerprint density at radius 2 is 1.96 bits per heavy atom. The predicted molar refractivity (Wildman–Crippen MR) is 90.5 cm³/mol. The van der Waals surface area contributed by atoms with E-state index in [9.17, 15) is 9.59 Å². The molecule has 2 aromatic carbocycles. The first-order chi connectivity index (χ1) is 11.2. The fourth-order valence-electron chi connectivity index (χ4n) is 2.81. The van der Waals surface area contributed by atoms with E-state index in [0.29, 0.717) is 24.2 Å². The largest absolute Gasteiger partial charge is 0.352 e. The summed E-state index contributed by atoms with van der Waals surface area (Å²) in [6.07, 6.45) is 3.01. The lowest BCUT2D eigenvalue weighted by Gasteiger charge is -2.17. The van der Waals surface area contributed by atoms with Gasteiger partial charge >= 0.3 is 0 Å². The van der Waals surface area contributed by atoms with Gasteiger partial charge in [0.05, 0.1) is 0 Å². The van der Waals surface area contributed by atoms with Gasteiger partial charge in [0, 0.05) is 24.2 Å². The van der Waals surface area contributed by atoms with E-state index in [-0.39, 0.29) is 11.8 Å². The Hall–Kier alpha value is -2.62. The third-order valence-corrected chi connectivity index (χ3v) is 4.03. The van der Waals surface area contributed by atoms with Gasteiger partial charge in [0.25, 0.3) is 5.91 Å². The molecular weight excluding hydrogens is 288 g/mol. The predicted octanol–water partition coefficient (Wildman–Crippen LogP) is 2.93. The molecule has 2 amide bonds. The molecule has 2 aromatic rings. The zero-order valence-electron chi connectivity index (χ0n) is 13.0. The van der Waals surface area contributed by atoms with Crippen LogP contribution in [0.4, 0.5) is 5.69 Å². The van der Waals surface area contributed by atoms with E-state index < -0.39 is 0 Å². The van der Waals surface area contributed by atoms with Crippen molar-refractivity contribution in [2.45, 2.75) is 25.7 Å². The molecule has 2 N–H and O–H groups in total. The number of carbonyl (C=O) groups is 2. The maximum atomic E-state index is 12.0.